The summed E-state index contributed by atoms with van der Waals surface area (Å²) in [5.41, 5.74) is 0.258. The second-order valence-electron chi connectivity index (χ2n) is 5.08. The van der Waals surface area contributed by atoms with Crippen LogP contribution in [0.3, 0.4) is 0 Å². The van der Waals surface area contributed by atoms with Gasteiger partial charge in [0.2, 0.25) is 5.91 Å². The summed E-state index contributed by atoms with van der Waals surface area (Å²) >= 11 is 0. The number of nitrogens with zero attached hydrogens (tertiary/aromatic N) is 1. The molecule has 0 bridgehead atoms. The molecule has 1 aromatic heterocycles. The van der Waals surface area contributed by atoms with Gasteiger partial charge in [0.1, 0.15) is 6.54 Å². The zero-order chi connectivity index (χ0) is 17.0. The number of pyridine rings is 1. The van der Waals surface area contributed by atoms with E-state index in [-0.39, 0.29) is 6.54 Å². The molecule has 0 aliphatic carbocycles. The maximum absolute atomic E-state index is 12.6. The molecular weight excluding hydrogens is 309 g/mol. The van der Waals surface area contributed by atoms with Gasteiger partial charge in [-0.25, -0.2) is 0 Å². The first-order valence-corrected chi connectivity index (χ1v) is 6.86. The summed E-state index contributed by atoms with van der Waals surface area (Å²) in [5.74, 6) is -0.533. The third kappa shape index (κ3) is 4.45. The summed E-state index contributed by atoms with van der Waals surface area (Å²) in [6.45, 7) is 1.67. The number of hydrogen-bond donors (Lipinski definition) is 1. The van der Waals surface area contributed by atoms with Gasteiger partial charge in [-0.2, -0.15) is 13.2 Å². The van der Waals surface area contributed by atoms with Gasteiger partial charge in [0.05, 0.1) is 5.56 Å². The van der Waals surface area contributed by atoms with Crippen molar-refractivity contribution in [2.24, 2.45) is 0 Å². The third-order valence-electron chi connectivity index (χ3n) is 3.36. The summed E-state index contributed by atoms with van der Waals surface area (Å²) in [6.07, 6.45) is -3.91. The Bertz CT molecular complexity index is 766. The molecule has 1 aromatic carbocycles. The summed E-state index contributed by atoms with van der Waals surface area (Å²) in [6, 6.07) is 8.92. The SMILES string of the molecule is Cc1ccccc1CNC(=O)Cn1cc(C(F)(F)F)ccc1=O. The predicted octanol–water partition coefficient (Wildman–Crippen LogP) is 2.49. The second kappa shape index (κ2) is 6.68. The Morgan fingerprint density at radius 1 is 1.17 bits per heavy atom. The maximum atomic E-state index is 12.6. The monoisotopic (exact) mass is 324 g/mol. The average molecular weight is 324 g/mol. The average Bonchev–Trinajstić information content (AvgIpc) is 2.47. The fraction of sp³-hybridized carbons (Fsp3) is 0.250. The van der Waals surface area contributed by atoms with Crippen LogP contribution in [0.1, 0.15) is 16.7 Å². The number of amides is 1. The molecule has 0 radical (unpaired) electrons. The first-order valence-electron chi connectivity index (χ1n) is 6.86. The minimum absolute atomic E-state index is 0.249. The number of carbonyl (C=O) groups excluding carboxylic acids is 1. The van der Waals surface area contributed by atoms with Crippen molar-refractivity contribution in [3.8, 4) is 0 Å². The van der Waals surface area contributed by atoms with Crippen molar-refractivity contribution in [1.29, 1.82) is 0 Å². The van der Waals surface area contributed by atoms with Crippen LogP contribution in [0.15, 0.2) is 47.4 Å². The molecule has 0 spiro atoms. The van der Waals surface area contributed by atoms with Crippen molar-refractivity contribution in [2.75, 3.05) is 0 Å². The van der Waals surface area contributed by atoms with Gasteiger partial charge in [0.25, 0.3) is 5.56 Å². The third-order valence-corrected chi connectivity index (χ3v) is 3.36. The van der Waals surface area contributed by atoms with E-state index >= 15 is 0 Å². The topological polar surface area (TPSA) is 51.1 Å². The molecule has 1 heterocycles. The Labute approximate surface area is 130 Å². The fourth-order valence-corrected chi connectivity index (χ4v) is 2.04. The predicted molar refractivity (Wildman–Crippen MR) is 78.7 cm³/mol. The summed E-state index contributed by atoms with van der Waals surface area (Å²) < 4.78 is 38.7. The number of alkyl halides is 3. The first kappa shape index (κ1) is 16.8. The molecule has 0 saturated carbocycles. The molecular formula is C16H15F3N2O2. The number of aryl methyl sites for hydroxylation is 1. The molecule has 0 atom stereocenters. The molecule has 4 nitrogen and oxygen atoms in total. The van der Waals surface area contributed by atoms with Crippen LogP contribution in [0.4, 0.5) is 13.2 Å². The highest BCUT2D eigenvalue weighted by Crippen LogP contribution is 2.27. The number of carbonyl (C=O) groups is 1. The lowest BCUT2D eigenvalue weighted by Crippen LogP contribution is -2.32. The summed E-state index contributed by atoms with van der Waals surface area (Å²) in [4.78, 5) is 23.4. The second-order valence-corrected chi connectivity index (χ2v) is 5.08. The van der Waals surface area contributed by atoms with Crippen LogP contribution in [0.5, 0.6) is 0 Å². The number of rotatable bonds is 4. The van der Waals surface area contributed by atoms with E-state index in [0.29, 0.717) is 12.3 Å². The van der Waals surface area contributed by atoms with Gasteiger partial charge in [-0.1, -0.05) is 24.3 Å². The van der Waals surface area contributed by atoms with Crippen molar-refractivity contribution in [2.45, 2.75) is 26.2 Å². The van der Waals surface area contributed by atoms with E-state index in [9.17, 15) is 22.8 Å². The number of halogens is 3. The number of benzene rings is 1. The Balaban J connectivity index is 2.06. The van der Waals surface area contributed by atoms with Crippen molar-refractivity contribution in [1.82, 2.24) is 9.88 Å². The zero-order valence-electron chi connectivity index (χ0n) is 12.4. The Morgan fingerprint density at radius 3 is 2.52 bits per heavy atom. The molecule has 2 aromatic rings. The zero-order valence-corrected chi connectivity index (χ0v) is 12.4. The highest BCUT2D eigenvalue weighted by atomic mass is 19.4. The molecule has 122 valence electrons. The van der Waals surface area contributed by atoms with Crippen LogP contribution in [0.2, 0.25) is 0 Å². The lowest BCUT2D eigenvalue weighted by atomic mass is 10.1. The molecule has 1 amide bonds. The van der Waals surface area contributed by atoms with Crippen LogP contribution in [0, 0.1) is 6.92 Å². The van der Waals surface area contributed by atoms with Crippen LogP contribution in [0.25, 0.3) is 0 Å². The summed E-state index contributed by atoms with van der Waals surface area (Å²) in [7, 11) is 0. The lowest BCUT2D eigenvalue weighted by molar-refractivity contribution is -0.138. The quantitative estimate of drug-likeness (QED) is 0.939. The molecule has 23 heavy (non-hydrogen) atoms. The van der Waals surface area contributed by atoms with E-state index < -0.39 is 29.8 Å². The number of aromatic nitrogens is 1. The van der Waals surface area contributed by atoms with E-state index in [1.165, 1.54) is 0 Å². The minimum atomic E-state index is -4.56. The fourth-order valence-electron chi connectivity index (χ4n) is 2.04. The van der Waals surface area contributed by atoms with Gasteiger partial charge in [0.15, 0.2) is 0 Å². The van der Waals surface area contributed by atoms with Crippen LogP contribution < -0.4 is 10.9 Å². The van der Waals surface area contributed by atoms with E-state index in [0.717, 1.165) is 21.8 Å². The van der Waals surface area contributed by atoms with E-state index in [4.69, 9.17) is 0 Å². The van der Waals surface area contributed by atoms with Gasteiger partial charge in [-0.3, -0.25) is 9.59 Å². The van der Waals surface area contributed by atoms with Crippen molar-refractivity contribution >= 4 is 5.91 Å². The van der Waals surface area contributed by atoms with E-state index in [2.05, 4.69) is 5.32 Å². The standard InChI is InChI=1S/C16H15F3N2O2/c1-11-4-2-3-5-12(11)8-20-14(22)10-21-9-13(16(17,18)19)6-7-15(21)23/h2-7,9H,8,10H2,1H3,(H,20,22). The maximum Gasteiger partial charge on any atom is 0.417 e. The highest BCUT2D eigenvalue weighted by molar-refractivity contribution is 5.75. The first-order chi connectivity index (χ1) is 10.8. The van der Waals surface area contributed by atoms with Crippen molar-refractivity contribution in [3.63, 3.8) is 0 Å². The smallest absolute Gasteiger partial charge is 0.350 e. The van der Waals surface area contributed by atoms with Crippen LogP contribution in [-0.4, -0.2) is 10.5 Å². The Kier molecular flexibility index (Phi) is 4.88. The molecule has 0 fully saturated rings. The van der Waals surface area contributed by atoms with E-state index in [1.807, 2.05) is 31.2 Å². The van der Waals surface area contributed by atoms with Crippen molar-refractivity contribution < 1.29 is 18.0 Å². The van der Waals surface area contributed by atoms with E-state index in [1.54, 1.807) is 0 Å². The largest absolute Gasteiger partial charge is 0.417 e. The van der Waals surface area contributed by atoms with Crippen molar-refractivity contribution in [3.05, 3.63) is 69.6 Å². The molecule has 0 aliphatic rings. The van der Waals surface area contributed by atoms with Gasteiger partial charge >= 0.3 is 6.18 Å². The Morgan fingerprint density at radius 2 is 1.87 bits per heavy atom. The number of nitrogens with one attached hydrogen (secondary N) is 1. The normalized spacial score (nSPS) is 11.3. The van der Waals surface area contributed by atoms with Gasteiger partial charge < -0.3 is 9.88 Å². The molecule has 7 heteroatoms. The Hall–Kier alpha value is -2.57. The summed E-state index contributed by atoms with van der Waals surface area (Å²) in [5, 5.41) is 2.59. The van der Waals surface area contributed by atoms with Crippen LogP contribution in [-0.2, 0) is 24.1 Å². The molecule has 0 aliphatic heterocycles. The van der Waals surface area contributed by atoms with Crippen LogP contribution >= 0.6 is 0 Å². The molecule has 1 N–H and O–H groups in total. The van der Waals surface area contributed by atoms with Gasteiger partial charge in [0, 0.05) is 18.8 Å². The molecule has 0 unspecified atom stereocenters. The molecule has 2 rings (SSSR count). The molecule has 0 saturated heterocycles. The van der Waals surface area contributed by atoms with Gasteiger partial charge in [-0.15, -0.1) is 0 Å². The lowest BCUT2D eigenvalue weighted by Gasteiger charge is -2.11. The number of hydrogen-bond acceptors (Lipinski definition) is 2. The highest BCUT2D eigenvalue weighted by Gasteiger charge is 2.31. The van der Waals surface area contributed by atoms with Gasteiger partial charge in [-0.05, 0) is 24.1 Å². The minimum Gasteiger partial charge on any atom is -0.350 e.